The summed E-state index contributed by atoms with van der Waals surface area (Å²) in [7, 11) is -3.58. The Morgan fingerprint density at radius 3 is 2.71 bits per heavy atom. The molecular weight excluding hydrogens is 354 g/mol. The topological polar surface area (TPSA) is 75.4 Å². The van der Waals surface area contributed by atoms with Crippen molar-refractivity contribution in [1.29, 1.82) is 0 Å². The summed E-state index contributed by atoms with van der Waals surface area (Å²) in [4.78, 5) is 0. The monoisotopic (exact) mass is 375 g/mol. The van der Waals surface area contributed by atoms with Gasteiger partial charge in [0.2, 0.25) is 0 Å². The van der Waals surface area contributed by atoms with Crippen LogP contribution in [0, 0.1) is 13.8 Å². The molecule has 7 heteroatoms. The second-order valence-electron chi connectivity index (χ2n) is 5.54. The molecule has 0 amide bonds. The fourth-order valence-electron chi connectivity index (χ4n) is 2.76. The second-order valence-corrected chi connectivity index (χ2v) is 8.02. The third-order valence-corrected chi connectivity index (χ3v) is 6.00. The number of aryl methyl sites for hydroxylation is 2. The molecular formula is C14H22BrN3O2S. The Morgan fingerprint density at radius 2 is 2.10 bits per heavy atom. The number of hydrogen-bond donors (Lipinski definition) is 2. The lowest BCUT2D eigenvalue weighted by Gasteiger charge is -2.34. The molecule has 0 saturated carbocycles. The van der Waals surface area contributed by atoms with Crippen LogP contribution < -0.4 is 10.5 Å². The molecule has 1 aliphatic heterocycles. The highest BCUT2D eigenvalue weighted by molar-refractivity contribution is 9.10. The van der Waals surface area contributed by atoms with Gasteiger partial charge in [-0.3, -0.25) is 4.72 Å². The zero-order valence-corrected chi connectivity index (χ0v) is 14.8. The van der Waals surface area contributed by atoms with Crippen molar-refractivity contribution in [1.82, 2.24) is 4.31 Å². The first-order chi connectivity index (χ1) is 9.85. The van der Waals surface area contributed by atoms with Crippen LogP contribution >= 0.6 is 15.9 Å². The molecule has 1 unspecified atom stereocenters. The summed E-state index contributed by atoms with van der Waals surface area (Å²) in [6.45, 7) is 4.76. The van der Waals surface area contributed by atoms with E-state index in [1.807, 2.05) is 26.0 Å². The Labute approximate surface area is 135 Å². The lowest BCUT2D eigenvalue weighted by molar-refractivity contribution is 0.259. The maximum Gasteiger partial charge on any atom is 0.301 e. The van der Waals surface area contributed by atoms with Gasteiger partial charge in [0.25, 0.3) is 0 Å². The van der Waals surface area contributed by atoms with Crippen LogP contribution in [0.5, 0.6) is 0 Å². The molecule has 0 bridgehead atoms. The first-order valence-electron chi connectivity index (χ1n) is 7.11. The SMILES string of the molecule is Cc1cc(C)c(NS(=O)(=O)N2CCCCC2CN)c(Br)c1. The quantitative estimate of drug-likeness (QED) is 0.848. The van der Waals surface area contributed by atoms with Crippen LogP contribution in [0.1, 0.15) is 30.4 Å². The Balaban J connectivity index is 2.29. The van der Waals surface area contributed by atoms with Crippen molar-refractivity contribution in [3.05, 3.63) is 27.7 Å². The minimum Gasteiger partial charge on any atom is -0.329 e. The van der Waals surface area contributed by atoms with Gasteiger partial charge in [-0.2, -0.15) is 12.7 Å². The first kappa shape index (κ1) is 16.7. The average molecular weight is 376 g/mol. The first-order valence-corrected chi connectivity index (χ1v) is 9.35. The number of benzene rings is 1. The summed E-state index contributed by atoms with van der Waals surface area (Å²) in [5, 5.41) is 0. The maximum absolute atomic E-state index is 12.7. The van der Waals surface area contributed by atoms with Crippen molar-refractivity contribution in [2.75, 3.05) is 17.8 Å². The number of nitrogens with one attached hydrogen (secondary N) is 1. The summed E-state index contributed by atoms with van der Waals surface area (Å²) in [5.74, 6) is 0. The number of halogens is 1. The van der Waals surface area contributed by atoms with Gasteiger partial charge in [-0.05, 0) is 59.8 Å². The van der Waals surface area contributed by atoms with Crippen molar-refractivity contribution < 1.29 is 8.42 Å². The van der Waals surface area contributed by atoms with Crippen molar-refractivity contribution in [3.63, 3.8) is 0 Å². The number of hydrogen-bond acceptors (Lipinski definition) is 3. The van der Waals surface area contributed by atoms with Gasteiger partial charge in [-0.15, -0.1) is 0 Å². The van der Waals surface area contributed by atoms with Crippen LogP contribution in [0.2, 0.25) is 0 Å². The fraction of sp³-hybridized carbons (Fsp3) is 0.571. The van der Waals surface area contributed by atoms with E-state index in [9.17, 15) is 8.42 Å². The van der Waals surface area contributed by atoms with E-state index in [2.05, 4.69) is 20.7 Å². The maximum atomic E-state index is 12.7. The number of nitrogens with zero attached hydrogens (tertiary/aromatic N) is 1. The van der Waals surface area contributed by atoms with Gasteiger partial charge in [-0.1, -0.05) is 12.5 Å². The summed E-state index contributed by atoms with van der Waals surface area (Å²) >= 11 is 3.44. The van der Waals surface area contributed by atoms with Crippen molar-refractivity contribution >= 4 is 31.8 Å². The Bertz CT molecular complexity index is 596. The molecule has 0 spiro atoms. The smallest absolute Gasteiger partial charge is 0.301 e. The number of rotatable bonds is 4. The summed E-state index contributed by atoms with van der Waals surface area (Å²) in [5.41, 5.74) is 8.30. The number of piperidine rings is 1. The molecule has 1 saturated heterocycles. The molecule has 2 rings (SSSR count). The van der Waals surface area contributed by atoms with Gasteiger partial charge in [0, 0.05) is 23.6 Å². The third kappa shape index (κ3) is 3.77. The van der Waals surface area contributed by atoms with Crippen LogP contribution in [0.4, 0.5) is 5.69 Å². The zero-order valence-electron chi connectivity index (χ0n) is 12.4. The summed E-state index contributed by atoms with van der Waals surface area (Å²) in [6, 6.07) is 3.75. The van der Waals surface area contributed by atoms with E-state index in [1.165, 1.54) is 4.31 Å². The molecule has 5 nitrogen and oxygen atoms in total. The van der Waals surface area contributed by atoms with Crippen molar-refractivity contribution in [2.45, 2.75) is 39.2 Å². The van der Waals surface area contributed by atoms with Crippen LogP contribution in [0.25, 0.3) is 0 Å². The zero-order chi connectivity index (χ0) is 15.6. The summed E-state index contributed by atoms with van der Waals surface area (Å²) in [6.07, 6.45) is 2.73. The van der Waals surface area contributed by atoms with E-state index in [4.69, 9.17) is 5.73 Å². The lowest BCUT2D eigenvalue weighted by atomic mass is 10.1. The highest BCUT2D eigenvalue weighted by atomic mass is 79.9. The minimum absolute atomic E-state index is 0.110. The molecule has 21 heavy (non-hydrogen) atoms. The van der Waals surface area contributed by atoms with Crippen LogP contribution in [0.15, 0.2) is 16.6 Å². The van der Waals surface area contributed by atoms with E-state index in [0.717, 1.165) is 34.9 Å². The van der Waals surface area contributed by atoms with Gasteiger partial charge in [0.05, 0.1) is 5.69 Å². The average Bonchev–Trinajstić information content (AvgIpc) is 2.43. The minimum atomic E-state index is -3.58. The highest BCUT2D eigenvalue weighted by Crippen LogP contribution is 2.30. The predicted octanol–water partition coefficient (Wildman–Crippen LogP) is 2.54. The number of anilines is 1. The molecule has 1 aromatic rings. The third-order valence-electron chi connectivity index (χ3n) is 3.82. The van der Waals surface area contributed by atoms with E-state index in [-0.39, 0.29) is 6.04 Å². The van der Waals surface area contributed by atoms with Gasteiger partial charge >= 0.3 is 10.2 Å². The normalized spacial score (nSPS) is 20.5. The standard InChI is InChI=1S/C14H22BrN3O2S/c1-10-7-11(2)14(13(15)8-10)17-21(19,20)18-6-4-3-5-12(18)9-16/h7-8,12,17H,3-6,9,16H2,1-2H3. The molecule has 118 valence electrons. The Kier molecular flexibility index (Phi) is 5.29. The molecule has 1 heterocycles. The molecule has 0 radical (unpaired) electrons. The van der Waals surface area contributed by atoms with Gasteiger partial charge in [0.15, 0.2) is 0 Å². The predicted molar refractivity (Wildman–Crippen MR) is 89.6 cm³/mol. The fourth-order valence-corrected chi connectivity index (χ4v) is 5.26. The molecule has 1 fully saturated rings. The van der Waals surface area contributed by atoms with Crippen LogP contribution in [-0.2, 0) is 10.2 Å². The largest absolute Gasteiger partial charge is 0.329 e. The molecule has 1 atom stereocenters. The molecule has 1 aliphatic rings. The Morgan fingerprint density at radius 1 is 1.38 bits per heavy atom. The second kappa shape index (κ2) is 6.64. The molecule has 0 aromatic heterocycles. The highest BCUT2D eigenvalue weighted by Gasteiger charge is 2.32. The van der Waals surface area contributed by atoms with E-state index >= 15 is 0 Å². The van der Waals surface area contributed by atoms with Crippen molar-refractivity contribution in [3.8, 4) is 0 Å². The van der Waals surface area contributed by atoms with Crippen LogP contribution in [0.3, 0.4) is 0 Å². The van der Waals surface area contributed by atoms with E-state index < -0.39 is 10.2 Å². The molecule has 1 aromatic carbocycles. The van der Waals surface area contributed by atoms with Crippen molar-refractivity contribution in [2.24, 2.45) is 5.73 Å². The lowest BCUT2D eigenvalue weighted by Crippen LogP contribution is -2.49. The van der Waals surface area contributed by atoms with Gasteiger partial charge < -0.3 is 5.73 Å². The molecule has 3 N–H and O–H groups in total. The Hall–Kier alpha value is -0.630. The van der Waals surface area contributed by atoms with E-state index in [1.54, 1.807) is 0 Å². The van der Waals surface area contributed by atoms with Crippen LogP contribution in [-0.4, -0.2) is 31.9 Å². The van der Waals surface area contributed by atoms with Gasteiger partial charge in [0.1, 0.15) is 0 Å². The number of nitrogens with two attached hydrogens (primary N) is 1. The molecule has 0 aliphatic carbocycles. The van der Waals surface area contributed by atoms with Gasteiger partial charge in [-0.25, -0.2) is 0 Å². The summed E-state index contributed by atoms with van der Waals surface area (Å²) < 4.78 is 30.3. The van der Waals surface area contributed by atoms with E-state index in [0.29, 0.717) is 18.8 Å².